The molecule has 1 aliphatic rings. The van der Waals surface area contributed by atoms with Crippen LogP contribution in [0.4, 0.5) is 0 Å². The lowest BCUT2D eigenvalue weighted by Crippen LogP contribution is -2.34. The van der Waals surface area contributed by atoms with Gasteiger partial charge in [-0.25, -0.2) is 0 Å². The predicted molar refractivity (Wildman–Crippen MR) is 75.9 cm³/mol. The molecule has 6 heteroatoms. The molecule has 0 aromatic carbocycles. The van der Waals surface area contributed by atoms with Crippen molar-refractivity contribution in [2.75, 3.05) is 40.8 Å². The van der Waals surface area contributed by atoms with Crippen LogP contribution >= 0.6 is 0 Å². The van der Waals surface area contributed by atoms with Gasteiger partial charge in [0.2, 0.25) is 0 Å². The Morgan fingerprint density at radius 1 is 1.37 bits per heavy atom. The second kappa shape index (κ2) is 6.45. The van der Waals surface area contributed by atoms with Crippen LogP contribution in [0, 0.1) is 5.92 Å². The first-order valence-electron chi connectivity index (χ1n) is 7.02. The fourth-order valence-electron chi connectivity index (χ4n) is 2.86. The first kappa shape index (κ1) is 14.4. The lowest BCUT2D eigenvalue weighted by atomic mass is 10.1. The molecular weight excluding hydrogens is 240 g/mol. The molecule has 0 amide bonds. The number of nitrogens with zero attached hydrogens (tertiary/aromatic N) is 5. The van der Waals surface area contributed by atoms with Crippen LogP contribution in [-0.4, -0.2) is 71.6 Å². The number of likely N-dealkylation sites (N-methyl/N-ethyl adjacent to an activating group) is 1. The van der Waals surface area contributed by atoms with Gasteiger partial charge in [-0.05, 0) is 27.1 Å². The van der Waals surface area contributed by atoms with Crippen molar-refractivity contribution in [1.29, 1.82) is 0 Å². The molecule has 1 N–H and O–H groups in total. The molecular formula is C13H26N6. The number of rotatable bonds is 6. The molecule has 1 saturated heterocycles. The summed E-state index contributed by atoms with van der Waals surface area (Å²) in [7, 11) is 6.27. The first-order chi connectivity index (χ1) is 9.10. The van der Waals surface area contributed by atoms with Crippen molar-refractivity contribution in [3.8, 4) is 0 Å². The number of aromatic nitrogens is 3. The van der Waals surface area contributed by atoms with E-state index in [0.29, 0.717) is 6.04 Å². The Labute approximate surface area is 115 Å². The Morgan fingerprint density at radius 2 is 2.16 bits per heavy atom. The zero-order chi connectivity index (χ0) is 13.8. The van der Waals surface area contributed by atoms with Crippen LogP contribution in [0.5, 0.6) is 0 Å². The molecule has 1 aromatic heterocycles. The summed E-state index contributed by atoms with van der Waals surface area (Å²) in [6, 6.07) is 0.676. The number of nitrogens with one attached hydrogen (secondary N) is 1. The highest BCUT2D eigenvalue weighted by atomic mass is 15.4. The second-order valence-electron chi connectivity index (χ2n) is 5.77. The van der Waals surface area contributed by atoms with Crippen molar-refractivity contribution >= 4 is 0 Å². The predicted octanol–water partition coefficient (Wildman–Crippen LogP) is -0.121. The maximum absolute atomic E-state index is 4.16. The number of hydrogen-bond acceptors (Lipinski definition) is 5. The van der Waals surface area contributed by atoms with Gasteiger partial charge < -0.3 is 10.2 Å². The van der Waals surface area contributed by atoms with Gasteiger partial charge in [-0.3, -0.25) is 9.58 Å². The molecule has 1 aliphatic heterocycles. The Morgan fingerprint density at radius 3 is 2.79 bits per heavy atom. The minimum absolute atomic E-state index is 0.676. The maximum Gasteiger partial charge on any atom is 0.0964 e. The highest BCUT2D eigenvalue weighted by molar-refractivity contribution is 4.91. The third kappa shape index (κ3) is 3.75. The summed E-state index contributed by atoms with van der Waals surface area (Å²) in [4.78, 5) is 4.86. The fourth-order valence-corrected chi connectivity index (χ4v) is 2.86. The molecule has 2 rings (SSSR count). The van der Waals surface area contributed by atoms with E-state index in [2.05, 4.69) is 46.4 Å². The molecule has 1 fully saturated rings. The van der Waals surface area contributed by atoms with Crippen molar-refractivity contribution in [3.05, 3.63) is 11.9 Å². The minimum atomic E-state index is 0.676. The Hall–Kier alpha value is -0.980. The molecule has 6 nitrogen and oxygen atoms in total. The Kier molecular flexibility index (Phi) is 4.90. The van der Waals surface area contributed by atoms with E-state index >= 15 is 0 Å². The summed E-state index contributed by atoms with van der Waals surface area (Å²) in [5.74, 6) is 0.741. The molecule has 2 unspecified atom stereocenters. The zero-order valence-electron chi connectivity index (χ0n) is 12.5. The first-order valence-corrected chi connectivity index (χ1v) is 7.02. The lowest BCUT2D eigenvalue weighted by molar-refractivity contribution is 0.248. The van der Waals surface area contributed by atoms with Gasteiger partial charge in [0, 0.05) is 38.4 Å². The minimum Gasteiger partial charge on any atom is -0.314 e. The zero-order valence-corrected chi connectivity index (χ0v) is 12.5. The van der Waals surface area contributed by atoms with Gasteiger partial charge in [0.15, 0.2) is 0 Å². The summed E-state index contributed by atoms with van der Waals surface area (Å²) < 4.78 is 1.94. The van der Waals surface area contributed by atoms with Crippen molar-refractivity contribution in [2.45, 2.75) is 26.1 Å². The SMILES string of the molecule is CNCc1cn(CCN2CC(C)C(N(C)C)C2)nn1. The van der Waals surface area contributed by atoms with Crippen LogP contribution in [0.2, 0.25) is 0 Å². The molecule has 0 radical (unpaired) electrons. The van der Waals surface area contributed by atoms with E-state index < -0.39 is 0 Å². The molecule has 0 bridgehead atoms. The van der Waals surface area contributed by atoms with Gasteiger partial charge in [-0.2, -0.15) is 0 Å². The van der Waals surface area contributed by atoms with Crippen LogP contribution in [0.25, 0.3) is 0 Å². The third-order valence-electron chi connectivity index (χ3n) is 3.90. The van der Waals surface area contributed by atoms with Crippen LogP contribution in [-0.2, 0) is 13.1 Å². The van der Waals surface area contributed by atoms with E-state index in [1.54, 1.807) is 0 Å². The molecule has 0 aliphatic carbocycles. The van der Waals surface area contributed by atoms with E-state index in [9.17, 15) is 0 Å². The Balaban J connectivity index is 1.79. The second-order valence-corrected chi connectivity index (χ2v) is 5.77. The Bertz CT molecular complexity index is 388. The molecule has 1 aromatic rings. The summed E-state index contributed by atoms with van der Waals surface area (Å²) in [5.41, 5.74) is 1.00. The summed E-state index contributed by atoms with van der Waals surface area (Å²) in [5, 5.41) is 11.4. The molecule has 0 saturated carbocycles. The van der Waals surface area contributed by atoms with E-state index in [4.69, 9.17) is 0 Å². The smallest absolute Gasteiger partial charge is 0.0964 e. The average molecular weight is 266 g/mol. The number of hydrogen-bond donors (Lipinski definition) is 1. The van der Waals surface area contributed by atoms with E-state index in [1.807, 2.05) is 17.9 Å². The molecule has 108 valence electrons. The molecule has 2 atom stereocenters. The molecule has 0 spiro atoms. The van der Waals surface area contributed by atoms with Crippen molar-refractivity contribution in [3.63, 3.8) is 0 Å². The van der Waals surface area contributed by atoms with Gasteiger partial charge in [-0.1, -0.05) is 12.1 Å². The lowest BCUT2D eigenvalue weighted by Gasteiger charge is -2.22. The van der Waals surface area contributed by atoms with Crippen molar-refractivity contribution in [2.24, 2.45) is 5.92 Å². The highest BCUT2D eigenvalue weighted by Gasteiger charge is 2.30. The maximum atomic E-state index is 4.16. The van der Waals surface area contributed by atoms with E-state index in [0.717, 1.165) is 37.8 Å². The standard InChI is InChI=1S/C13H26N6/c1-11-8-18(10-13(11)17(3)4)5-6-19-9-12(7-14-2)15-16-19/h9,11,13-14H,5-8,10H2,1-4H3. The summed E-state index contributed by atoms with van der Waals surface area (Å²) >= 11 is 0. The molecule has 19 heavy (non-hydrogen) atoms. The van der Waals surface area contributed by atoms with Gasteiger partial charge >= 0.3 is 0 Å². The topological polar surface area (TPSA) is 49.2 Å². The highest BCUT2D eigenvalue weighted by Crippen LogP contribution is 2.19. The van der Waals surface area contributed by atoms with Gasteiger partial charge in [0.25, 0.3) is 0 Å². The molecule has 2 heterocycles. The van der Waals surface area contributed by atoms with Gasteiger partial charge in [0.1, 0.15) is 0 Å². The third-order valence-corrected chi connectivity index (χ3v) is 3.90. The largest absolute Gasteiger partial charge is 0.314 e. The van der Waals surface area contributed by atoms with Crippen LogP contribution in [0.15, 0.2) is 6.20 Å². The van der Waals surface area contributed by atoms with Crippen LogP contribution < -0.4 is 5.32 Å². The normalized spacial score (nSPS) is 24.5. The van der Waals surface area contributed by atoms with Crippen molar-refractivity contribution < 1.29 is 0 Å². The monoisotopic (exact) mass is 266 g/mol. The number of likely N-dealkylation sites (tertiary alicyclic amines) is 1. The average Bonchev–Trinajstić information content (AvgIpc) is 2.94. The summed E-state index contributed by atoms with van der Waals surface area (Å²) in [6.07, 6.45) is 2.03. The van der Waals surface area contributed by atoms with Crippen molar-refractivity contribution in [1.82, 2.24) is 30.1 Å². The van der Waals surface area contributed by atoms with E-state index in [1.165, 1.54) is 6.54 Å². The van der Waals surface area contributed by atoms with Gasteiger partial charge in [0.05, 0.1) is 12.2 Å². The van der Waals surface area contributed by atoms with Crippen LogP contribution in [0.1, 0.15) is 12.6 Å². The van der Waals surface area contributed by atoms with Gasteiger partial charge in [-0.15, -0.1) is 5.10 Å². The van der Waals surface area contributed by atoms with Crippen LogP contribution in [0.3, 0.4) is 0 Å². The fraction of sp³-hybridized carbons (Fsp3) is 0.846. The summed E-state index contributed by atoms with van der Waals surface area (Å²) in [6.45, 7) is 7.43. The quantitative estimate of drug-likeness (QED) is 0.778. The van der Waals surface area contributed by atoms with E-state index in [-0.39, 0.29) is 0 Å².